The second-order valence-corrected chi connectivity index (χ2v) is 5.57. The van der Waals surface area contributed by atoms with E-state index in [9.17, 15) is 4.79 Å². The predicted molar refractivity (Wildman–Crippen MR) is 78.7 cm³/mol. The fourth-order valence-electron chi connectivity index (χ4n) is 1.86. The lowest BCUT2D eigenvalue weighted by Crippen LogP contribution is -2.12. The Bertz CT molecular complexity index is 788. The van der Waals surface area contributed by atoms with Gasteiger partial charge in [0.05, 0.1) is 16.2 Å². The molecule has 1 atom stereocenters. The minimum Gasteiger partial charge on any atom is -0.309 e. The summed E-state index contributed by atoms with van der Waals surface area (Å²) < 4.78 is 0. The number of fused-ring (bicyclic) bond motifs is 1. The molecular weight excluding hydrogens is 272 g/mol. The maximum Gasteiger partial charge on any atom is 0.258 e. The van der Waals surface area contributed by atoms with Crippen LogP contribution in [-0.2, 0) is 0 Å². The highest BCUT2D eigenvalue weighted by atomic mass is 32.2. The SMILES string of the molecule is C[C@@H](Sc1ncccn1)c1nc2ccccc2c(=O)[nH]1. The average Bonchev–Trinajstić information content (AvgIpc) is 2.48. The van der Waals surface area contributed by atoms with Gasteiger partial charge in [0.2, 0.25) is 0 Å². The van der Waals surface area contributed by atoms with Crippen molar-refractivity contribution in [3.05, 3.63) is 58.9 Å². The highest BCUT2D eigenvalue weighted by Crippen LogP contribution is 2.30. The number of H-pyrrole nitrogens is 1. The van der Waals surface area contributed by atoms with Gasteiger partial charge in [0.15, 0.2) is 5.16 Å². The summed E-state index contributed by atoms with van der Waals surface area (Å²) in [5.41, 5.74) is 0.583. The number of para-hydroxylation sites is 1. The Balaban J connectivity index is 1.96. The third-order valence-corrected chi connectivity index (χ3v) is 3.84. The van der Waals surface area contributed by atoms with Crippen LogP contribution in [-0.4, -0.2) is 19.9 Å². The lowest BCUT2D eigenvalue weighted by atomic mass is 10.2. The topological polar surface area (TPSA) is 71.5 Å². The molecule has 0 saturated carbocycles. The first kappa shape index (κ1) is 12.8. The van der Waals surface area contributed by atoms with Gasteiger partial charge in [-0.25, -0.2) is 15.0 Å². The summed E-state index contributed by atoms with van der Waals surface area (Å²) >= 11 is 1.46. The molecule has 3 rings (SSSR count). The van der Waals surface area contributed by atoms with Gasteiger partial charge in [-0.2, -0.15) is 0 Å². The van der Waals surface area contributed by atoms with Crippen molar-refractivity contribution in [3.63, 3.8) is 0 Å². The highest BCUT2D eigenvalue weighted by molar-refractivity contribution is 7.99. The third kappa shape index (κ3) is 2.55. The molecule has 100 valence electrons. The van der Waals surface area contributed by atoms with Gasteiger partial charge in [-0.05, 0) is 25.1 Å². The molecule has 0 aliphatic carbocycles. The Morgan fingerprint density at radius 3 is 2.70 bits per heavy atom. The quantitative estimate of drug-likeness (QED) is 0.591. The van der Waals surface area contributed by atoms with Crippen LogP contribution < -0.4 is 5.56 Å². The van der Waals surface area contributed by atoms with Crippen LogP contribution in [0.3, 0.4) is 0 Å². The van der Waals surface area contributed by atoms with E-state index in [4.69, 9.17) is 0 Å². The summed E-state index contributed by atoms with van der Waals surface area (Å²) in [4.78, 5) is 27.7. The first-order valence-corrected chi connectivity index (χ1v) is 7.04. The number of benzene rings is 1. The molecule has 1 aromatic carbocycles. The van der Waals surface area contributed by atoms with Gasteiger partial charge in [-0.3, -0.25) is 4.79 Å². The van der Waals surface area contributed by atoms with E-state index in [1.54, 1.807) is 24.5 Å². The molecule has 0 bridgehead atoms. The summed E-state index contributed by atoms with van der Waals surface area (Å²) in [6, 6.07) is 9.07. The van der Waals surface area contributed by atoms with Crippen molar-refractivity contribution in [2.24, 2.45) is 0 Å². The summed E-state index contributed by atoms with van der Waals surface area (Å²) in [5, 5.41) is 1.23. The van der Waals surface area contributed by atoms with Crippen molar-refractivity contribution in [3.8, 4) is 0 Å². The van der Waals surface area contributed by atoms with Gasteiger partial charge >= 0.3 is 0 Å². The number of aromatic amines is 1. The van der Waals surface area contributed by atoms with E-state index in [2.05, 4.69) is 19.9 Å². The van der Waals surface area contributed by atoms with Gasteiger partial charge in [-0.15, -0.1) is 0 Å². The molecule has 0 spiro atoms. The molecule has 2 heterocycles. The summed E-state index contributed by atoms with van der Waals surface area (Å²) in [7, 11) is 0. The molecule has 0 aliphatic heterocycles. The Kier molecular flexibility index (Phi) is 3.47. The van der Waals surface area contributed by atoms with Gasteiger partial charge in [0, 0.05) is 12.4 Å². The molecule has 1 N–H and O–H groups in total. The van der Waals surface area contributed by atoms with Crippen molar-refractivity contribution in [1.29, 1.82) is 0 Å². The molecule has 5 nitrogen and oxygen atoms in total. The standard InChI is InChI=1S/C14H12N4OS/c1-9(20-14-15-7-4-8-16-14)12-17-11-6-3-2-5-10(11)13(19)18-12/h2-9H,1H3,(H,17,18,19)/t9-/m1/s1. The van der Waals surface area contributed by atoms with Crippen molar-refractivity contribution < 1.29 is 0 Å². The summed E-state index contributed by atoms with van der Waals surface area (Å²) in [5.74, 6) is 0.631. The van der Waals surface area contributed by atoms with Crippen LogP contribution in [0.4, 0.5) is 0 Å². The van der Waals surface area contributed by atoms with E-state index in [1.807, 2.05) is 25.1 Å². The van der Waals surface area contributed by atoms with Gasteiger partial charge in [-0.1, -0.05) is 23.9 Å². The third-order valence-electron chi connectivity index (χ3n) is 2.84. The smallest absolute Gasteiger partial charge is 0.258 e. The van der Waals surface area contributed by atoms with Gasteiger partial charge in [0.25, 0.3) is 5.56 Å². The number of nitrogens with one attached hydrogen (secondary N) is 1. The zero-order valence-electron chi connectivity index (χ0n) is 10.8. The Morgan fingerprint density at radius 1 is 1.15 bits per heavy atom. The van der Waals surface area contributed by atoms with E-state index < -0.39 is 0 Å². The van der Waals surface area contributed by atoms with Crippen LogP contribution in [0.1, 0.15) is 18.0 Å². The van der Waals surface area contributed by atoms with Crippen LogP contribution in [0.2, 0.25) is 0 Å². The zero-order chi connectivity index (χ0) is 13.9. The summed E-state index contributed by atoms with van der Waals surface area (Å²) in [6.07, 6.45) is 3.39. The molecule has 0 amide bonds. The normalized spacial score (nSPS) is 12.4. The maximum atomic E-state index is 12.0. The molecule has 6 heteroatoms. The Labute approximate surface area is 119 Å². The maximum absolute atomic E-state index is 12.0. The highest BCUT2D eigenvalue weighted by Gasteiger charge is 2.13. The van der Waals surface area contributed by atoms with Crippen LogP contribution in [0.5, 0.6) is 0 Å². The minimum atomic E-state index is -0.118. The van der Waals surface area contributed by atoms with Crippen molar-refractivity contribution in [2.75, 3.05) is 0 Å². The fourth-order valence-corrected chi connectivity index (χ4v) is 2.64. The Hall–Kier alpha value is -2.21. The molecule has 0 radical (unpaired) electrons. The molecule has 2 aromatic heterocycles. The average molecular weight is 284 g/mol. The van der Waals surface area contributed by atoms with E-state index >= 15 is 0 Å². The number of rotatable bonds is 3. The van der Waals surface area contributed by atoms with Crippen LogP contribution in [0.15, 0.2) is 52.7 Å². The van der Waals surface area contributed by atoms with Crippen LogP contribution >= 0.6 is 11.8 Å². The molecule has 0 fully saturated rings. The molecule has 0 saturated heterocycles. The summed E-state index contributed by atoms with van der Waals surface area (Å²) in [6.45, 7) is 1.97. The first-order valence-electron chi connectivity index (χ1n) is 6.16. The zero-order valence-corrected chi connectivity index (χ0v) is 11.6. The largest absolute Gasteiger partial charge is 0.309 e. The number of nitrogens with zero attached hydrogens (tertiary/aromatic N) is 3. The second kappa shape index (κ2) is 5.42. The van der Waals surface area contributed by atoms with Crippen molar-refractivity contribution in [2.45, 2.75) is 17.3 Å². The van der Waals surface area contributed by atoms with E-state index in [0.717, 1.165) is 0 Å². The molecular formula is C14H12N4OS. The minimum absolute atomic E-state index is 0.0327. The fraction of sp³-hybridized carbons (Fsp3) is 0.143. The van der Waals surface area contributed by atoms with E-state index in [-0.39, 0.29) is 10.8 Å². The predicted octanol–water partition coefficient (Wildman–Crippen LogP) is 2.57. The number of thioether (sulfide) groups is 1. The Morgan fingerprint density at radius 2 is 1.90 bits per heavy atom. The van der Waals surface area contributed by atoms with Crippen LogP contribution in [0.25, 0.3) is 10.9 Å². The van der Waals surface area contributed by atoms with Crippen molar-refractivity contribution in [1.82, 2.24) is 19.9 Å². The first-order chi connectivity index (χ1) is 9.74. The van der Waals surface area contributed by atoms with E-state index in [1.165, 1.54) is 11.8 Å². The number of hydrogen-bond donors (Lipinski definition) is 1. The van der Waals surface area contributed by atoms with Crippen LogP contribution in [0, 0.1) is 0 Å². The molecule has 0 unspecified atom stereocenters. The number of aromatic nitrogens is 4. The second-order valence-electron chi connectivity index (χ2n) is 4.26. The lowest BCUT2D eigenvalue weighted by Gasteiger charge is -2.09. The van der Waals surface area contributed by atoms with Crippen molar-refractivity contribution >= 4 is 22.7 Å². The van der Waals surface area contributed by atoms with E-state index in [0.29, 0.717) is 21.9 Å². The monoisotopic (exact) mass is 284 g/mol. The van der Waals surface area contributed by atoms with Gasteiger partial charge in [0.1, 0.15) is 5.82 Å². The molecule has 0 aliphatic rings. The lowest BCUT2D eigenvalue weighted by molar-refractivity contribution is 0.900. The molecule has 20 heavy (non-hydrogen) atoms. The van der Waals surface area contributed by atoms with Gasteiger partial charge < -0.3 is 4.98 Å². The molecule has 3 aromatic rings. The number of hydrogen-bond acceptors (Lipinski definition) is 5.